The highest BCUT2D eigenvalue weighted by atomic mass is 19.1. The molecule has 2 rings (SSSR count). The van der Waals surface area contributed by atoms with Gasteiger partial charge in [0, 0.05) is 18.7 Å². The summed E-state index contributed by atoms with van der Waals surface area (Å²) in [5.74, 6) is -2.70. The molecule has 0 aromatic heterocycles. The van der Waals surface area contributed by atoms with E-state index in [1.807, 2.05) is 0 Å². The molecule has 0 saturated carbocycles. The van der Waals surface area contributed by atoms with Crippen molar-refractivity contribution in [3.05, 3.63) is 59.2 Å². The second kappa shape index (κ2) is 5.79. The SMILES string of the molecule is COCc1cccc(-c2ccc(F)cc2F)c1C(=O)O. The van der Waals surface area contributed by atoms with Crippen LogP contribution in [-0.4, -0.2) is 18.2 Å². The average molecular weight is 278 g/mol. The average Bonchev–Trinajstić information content (AvgIpc) is 2.38. The van der Waals surface area contributed by atoms with Crippen LogP contribution in [0.1, 0.15) is 15.9 Å². The summed E-state index contributed by atoms with van der Waals surface area (Å²) in [6.45, 7) is 0.0955. The molecule has 0 aliphatic heterocycles. The van der Waals surface area contributed by atoms with Crippen molar-refractivity contribution in [3.63, 3.8) is 0 Å². The molecule has 0 aliphatic rings. The van der Waals surface area contributed by atoms with E-state index in [0.29, 0.717) is 5.56 Å². The molecule has 0 unspecified atom stereocenters. The van der Waals surface area contributed by atoms with E-state index in [-0.39, 0.29) is 23.3 Å². The number of hydrogen-bond donors (Lipinski definition) is 1. The second-order valence-corrected chi connectivity index (χ2v) is 4.20. The molecule has 20 heavy (non-hydrogen) atoms. The first-order valence-electron chi connectivity index (χ1n) is 5.84. The summed E-state index contributed by atoms with van der Waals surface area (Å²) >= 11 is 0. The van der Waals surface area contributed by atoms with Crippen LogP contribution in [0, 0.1) is 11.6 Å². The number of carboxylic acids is 1. The van der Waals surface area contributed by atoms with E-state index in [0.717, 1.165) is 12.1 Å². The Morgan fingerprint density at radius 1 is 1.20 bits per heavy atom. The van der Waals surface area contributed by atoms with Crippen LogP contribution in [-0.2, 0) is 11.3 Å². The number of carbonyl (C=O) groups is 1. The third kappa shape index (κ3) is 2.67. The molecule has 104 valence electrons. The molecule has 0 spiro atoms. The van der Waals surface area contributed by atoms with E-state index in [9.17, 15) is 18.7 Å². The molecule has 0 radical (unpaired) electrons. The Bertz CT molecular complexity index is 654. The predicted octanol–water partition coefficient (Wildman–Crippen LogP) is 3.48. The molecule has 0 aliphatic carbocycles. The Labute approximate surface area is 114 Å². The predicted molar refractivity (Wildman–Crippen MR) is 69.5 cm³/mol. The van der Waals surface area contributed by atoms with E-state index in [4.69, 9.17) is 4.74 Å². The van der Waals surface area contributed by atoms with Crippen LogP contribution in [0.25, 0.3) is 11.1 Å². The highest BCUT2D eigenvalue weighted by molar-refractivity contribution is 5.97. The summed E-state index contributed by atoms with van der Waals surface area (Å²) in [5.41, 5.74) is 0.632. The fraction of sp³-hybridized carbons (Fsp3) is 0.133. The van der Waals surface area contributed by atoms with Crippen LogP contribution in [0.15, 0.2) is 36.4 Å². The maximum Gasteiger partial charge on any atom is 0.336 e. The van der Waals surface area contributed by atoms with E-state index in [1.165, 1.54) is 19.2 Å². The number of carboxylic acid groups (broad SMARTS) is 1. The lowest BCUT2D eigenvalue weighted by atomic mass is 9.95. The fourth-order valence-corrected chi connectivity index (χ4v) is 2.06. The van der Waals surface area contributed by atoms with Crippen LogP contribution in [0.4, 0.5) is 8.78 Å². The number of aromatic carboxylic acids is 1. The molecule has 0 atom stereocenters. The molecule has 0 amide bonds. The molecule has 0 fully saturated rings. The molecule has 2 aromatic rings. The molecule has 0 bridgehead atoms. The Morgan fingerprint density at radius 3 is 2.55 bits per heavy atom. The number of ether oxygens (including phenoxy) is 1. The first-order chi connectivity index (χ1) is 9.54. The second-order valence-electron chi connectivity index (χ2n) is 4.20. The van der Waals surface area contributed by atoms with Gasteiger partial charge in [-0.3, -0.25) is 0 Å². The molecule has 0 saturated heterocycles. The van der Waals surface area contributed by atoms with Crippen LogP contribution in [0.5, 0.6) is 0 Å². The normalized spacial score (nSPS) is 10.6. The zero-order valence-electron chi connectivity index (χ0n) is 10.7. The Kier molecular flexibility index (Phi) is 4.10. The van der Waals surface area contributed by atoms with Crippen LogP contribution < -0.4 is 0 Å². The minimum absolute atomic E-state index is 0.0418. The van der Waals surface area contributed by atoms with Gasteiger partial charge in [0.25, 0.3) is 0 Å². The third-order valence-corrected chi connectivity index (χ3v) is 2.89. The van der Waals surface area contributed by atoms with Gasteiger partial charge in [0.2, 0.25) is 0 Å². The largest absolute Gasteiger partial charge is 0.478 e. The lowest BCUT2D eigenvalue weighted by Crippen LogP contribution is -2.06. The highest BCUT2D eigenvalue weighted by Gasteiger charge is 2.18. The molecule has 1 N–H and O–H groups in total. The third-order valence-electron chi connectivity index (χ3n) is 2.89. The van der Waals surface area contributed by atoms with Crippen molar-refractivity contribution in [2.24, 2.45) is 0 Å². The summed E-state index contributed by atoms with van der Waals surface area (Å²) in [4.78, 5) is 11.4. The van der Waals surface area contributed by atoms with Crippen molar-refractivity contribution in [1.82, 2.24) is 0 Å². The van der Waals surface area contributed by atoms with E-state index < -0.39 is 17.6 Å². The number of hydrogen-bond acceptors (Lipinski definition) is 2. The van der Waals surface area contributed by atoms with Gasteiger partial charge in [-0.15, -0.1) is 0 Å². The molecule has 2 aromatic carbocycles. The molecular weight excluding hydrogens is 266 g/mol. The smallest absolute Gasteiger partial charge is 0.336 e. The standard InChI is InChI=1S/C15H12F2O3/c1-20-8-9-3-2-4-12(14(9)15(18)19)11-6-5-10(16)7-13(11)17/h2-7H,8H2,1H3,(H,18,19). The Balaban J connectivity index is 2.67. The van der Waals surface area contributed by atoms with Crippen LogP contribution >= 0.6 is 0 Å². The van der Waals surface area contributed by atoms with Crippen molar-refractivity contribution in [2.75, 3.05) is 7.11 Å². The minimum Gasteiger partial charge on any atom is -0.478 e. The number of methoxy groups -OCH3 is 1. The van der Waals surface area contributed by atoms with Crippen LogP contribution in [0.2, 0.25) is 0 Å². The summed E-state index contributed by atoms with van der Waals surface area (Å²) in [6, 6.07) is 7.73. The Hall–Kier alpha value is -2.27. The summed E-state index contributed by atoms with van der Waals surface area (Å²) in [7, 11) is 1.44. The first kappa shape index (κ1) is 14.1. The van der Waals surface area contributed by atoms with Crippen LogP contribution in [0.3, 0.4) is 0 Å². The van der Waals surface area contributed by atoms with Gasteiger partial charge in [-0.05, 0) is 23.3 Å². The van der Waals surface area contributed by atoms with Gasteiger partial charge in [0.05, 0.1) is 12.2 Å². The maximum atomic E-state index is 13.8. The zero-order valence-corrected chi connectivity index (χ0v) is 10.7. The van der Waals surface area contributed by atoms with Gasteiger partial charge in [-0.1, -0.05) is 18.2 Å². The van der Waals surface area contributed by atoms with Gasteiger partial charge in [0.15, 0.2) is 0 Å². The minimum atomic E-state index is -1.18. The molecule has 5 heteroatoms. The van der Waals surface area contributed by atoms with Crippen molar-refractivity contribution in [2.45, 2.75) is 6.61 Å². The number of halogens is 2. The summed E-state index contributed by atoms with van der Waals surface area (Å²) in [5, 5.41) is 9.33. The molecule has 3 nitrogen and oxygen atoms in total. The van der Waals surface area contributed by atoms with E-state index >= 15 is 0 Å². The quantitative estimate of drug-likeness (QED) is 0.931. The van der Waals surface area contributed by atoms with E-state index in [2.05, 4.69) is 0 Å². The molecule has 0 heterocycles. The number of benzene rings is 2. The van der Waals surface area contributed by atoms with Gasteiger partial charge in [-0.2, -0.15) is 0 Å². The van der Waals surface area contributed by atoms with Gasteiger partial charge in [-0.25, -0.2) is 13.6 Å². The highest BCUT2D eigenvalue weighted by Crippen LogP contribution is 2.29. The monoisotopic (exact) mass is 278 g/mol. The van der Waals surface area contributed by atoms with Gasteiger partial charge < -0.3 is 9.84 Å². The zero-order chi connectivity index (χ0) is 14.7. The Morgan fingerprint density at radius 2 is 1.95 bits per heavy atom. The topological polar surface area (TPSA) is 46.5 Å². The summed E-state index contributed by atoms with van der Waals surface area (Å²) < 4.78 is 31.7. The van der Waals surface area contributed by atoms with Crippen molar-refractivity contribution in [1.29, 1.82) is 0 Å². The molecular formula is C15H12F2O3. The van der Waals surface area contributed by atoms with E-state index in [1.54, 1.807) is 12.1 Å². The fourth-order valence-electron chi connectivity index (χ4n) is 2.06. The van der Waals surface area contributed by atoms with Crippen molar-refractivity contribution >= 4 is 5.97 Å². The lowest BCUT2D eigenvalue weighted by molar-refractivity contribution is 0.0692. The maximum absolute atomic E-state index is 13.8. The van der Waals surface area contributed by atoms with Crippen molar-refractivity contribution in [3.8, 4) is 11.1 Å². The van der Waals surface area contributed by atoms with Gasteiger partial charge >= 0.3 is 5.97 Å². The van der Waals surface area contributed by atoms with Gasteiger partial charge in [0.1, 0.15) is 11.6 Å². The lowest BCUT2D eigenvalue weighted by Gasteiger charge is -2.12. The number of rotatable bonds is 4. The summed E-state index contributed by atoms with van der Waals surface area (Å²) in [6.07, 6.45) is 0. The first-order valence-corrected chi connectivity index (χ1v) is 5.84. The van der Waals surface area contributed by atoms with Crippen molar-refractivity contribution < 1.29 is 23.4 Å².